The maximum absolute atomic E-state index is 13.1. The first kappa shape index (κ1) is 24.3. The Morgan fingerprint density at radius 3 is 2.67 bits per heavy atom. The van der Waals surface area contributed by atoms with Crippen LogP contribution in [0.3, 0.4) is 0 Å². The van der Waals surface area contributed by atoms with Crippen molar-refractivity contribution in [3.05, 3.63) is 16.7 Å². The Morgan fingerprint density at radius 2 is 1.94 bits per heavy atom. The number of benzene rings is 1. The highest BCUT2D eigenvalue weighted by Crippen LogP contribution is 2.46. The number of rotatable bonds is 8. The van der Waals surface area contributed by atoms with E-state index in [9.17, 15) is 4.79 Å². The molecule has 3 aliphatic heterocycles. The fourth-order valence-electron chi connectivity index (χ4n) is 4.55. The number of likely N-dealkylation sites (tertiary alicyclic amines) is 1. The zero-order valence-corrected chi connectivity index (χ0v) is 20.0. The standard InChI is InChI=1S/C23H33ClN2O7/c1-28-18-14-26(7-5-19-30-10-11-31-19)6-4-15(18)13-25-23(27)16-12-17(24)21(29-2)22-20(16)32-8-3-9-33-22/h12,15,18-19H,3-11,13-14H2,1-2H3,(H,25,27)/t15-,18+/m0/s1. The first-order valence-electron chi connectivity index (χ1n) is 11.5. The molecule has 0 spiro atoms. The molecule has 0 radical (unpaired) electrons. The Labute approximate surface area is 199 Å². The number of nitrogens with one attached hydrogen (secondary N) is 1. The zero-order valence-electron chi connectivity index (χ0n) is 19.3. The molecule has 3 aliphatic rings. The molecule has 1 amide bonds. The summed E-state index contributed by atoms with van der Waals surface area (Å²) < 4.78 is 33.8. The summed E-state index contributed by atoms with van der Waals surface area (Å²) >= 11 is 6.37. The third-order valence-electron chi connectivity index (χ3n) is 6.35. The van der Waals surface area contributed by atoms with Crippen molar-refractivity contribution < 1.29 is 33.2 Å². The highest BCUT2D eigenvalue weighted by atomic mass is 35.5. The molecule has 2 fully saturated rings. The van der Waals surface area contributed by atoms with Crippen molar-refractivity contribution in [3.8, 4) is 17.2 Å². The van der Waals surface area contributed by atoms with E-state index >= 15 is 0 Å². The van der Waals surface area contributed by atoms with Crippen molar-refractivity contribution >= 4 is 17.5 Å². The lowest BCUT2D eigenvalue weighted by atomic mass is 9.93. The van der Waals surface area contributed by atoms with Gasteiger partial charge >= 0.3 is 0 Å². The quantitative estimate of drug-likeness (QED) is 0.601. The minimum atomic E-state index is -0.255. The normalized spacial score (nSPS) is 23.8. The maximum Gasteiger partial charge on any atom is 0.255 e. The minimum absolute atomic E-state index is 0.0284. The average Bonchev–Trinajstić information content (AvgIpc) is 3.24. The van der Waals surface area contributed by atoms with Crippen LogP contribution in [-0.2, 0) is 14.2 Å². The summed E-state index contributed by atoms with van der Waals surface area (Å²) in [6.07, 6.45) is 2.42. The van der Waals surface area contributed by atoms with E-state index in [0.717, 1.165) is 32.5 Å². The van der Waals surface area contributed by atoms with Crippen molar-refractivity contribution in [1.29, 1.82) is 0 Å². The van der Waals surface area contributed by atoms with Gasteiger partial charge in [0.1, 0.15) is 0 Å². The number of nitrogens with zero attached hydrogens (tertiary/aromatic N) is 1. The summed E-state index contributed by atoms with van der Waals surface area (Å²) in [4.78, 5) is 15.5. The zero-order chi connectivity index (χ0) is 23.2. The minimum Gasteiger partial charge on any atom is -0.491 e. The van der Waals surface area contributed by atoms with Crippen LogP contribution in [0.5, 0.6) is 17.2 Å². The number of hydrogen-bond acceptors (Lipinski definition) is 8. The summed E-state index contributed by atoms with van der Waals surface area (Å²) in [6, 6.07) is 1.58. The molecule has 33 heavy (non-hydrogen) atoms. The van der Waals surface area contributed by atoms with Gasteiger partial charge in [-0.2, -0.15) is 0 Å². The molecular weight excluding hydrogens is 452 g/mol. The van der Waals surface area contributed by atoms with E-state index in [0.29, 0.717) is 67.2 Å². The van der Waals surface area contributed by atoms with E-state index in [1.165, 1.54) is 7.11 Å². The number of halogens is 1. The number of carbonyl (C=O) groups is 1. The van der Waals surface area contributed by atoms with Gasteiger partial charge in [0, 0.05) is 45.5 Å². The molecule has 10 heteroatoms. The molecule has 4 rings (SSSR count). The summed E-state index contributed by atoms with van der Waals surface area (Å²) in [7, 11) is 3.24. The Kier molecular flexibility index (Phi) is 8.54. The van der Waals surface area contributed by atoms with Gasteiger partial charge in [0.25, 0.3) is 5.91 Å². The van der Waals surface area contributed by atoms with Crippen LogP contribution in [0, 0.1) is 5.92 Å². The van der Waals surface area contributed by atoms with Crippen molar-refractivity contribution in [1.82, 2.24) is 10.2 Å². The molecule has 2 atom stereocenters. The van der Waals surface area contributed by atoms with Crippen LogP contribution < -0.4 is 19.5 Å². The van der Waals surface area contributed by atoms with Crippen LogP contribution in [0.25, 0.3) is 0 Å². The molecule has 0 bridgehead atoms. The van der Waals surface area contributed by atoms with Gasteiger partial charge in [0.2, 0.25) is 5.75 Å². The number of amides is 1. The SMILES string of the molecule is COc1c(Cl)cc(C(=O)NC[C@@H]2CCN(CCC3OCCO3)C[C@H]2OC)c2c1OCCCO2. The fraction of sp³-hybridized carbons (Fsp3) is 0.696. The third-order valence-corrected chi connectivity index (χ3v) is 6.64. The van der Waals surface area contributed by atoms with E-state index in [1.54, 1.807) is 13.2 Å². The molecule has 1 aromatic carbocycles. The monoisotopic (exact) mass is 484 g/mol. The Hall–Kier alpha value is -1.78. The van der Waals surface area contributed by atoms with Gasteiger partial charge in [-0.15, -0.1) is 0 Å². The van der Waals surface area contributed by atoms with Gasteiger partial charge in [-0.25, -0.2) is 0 Å². The lowest BCUT2D eigenvalue weighted by Gasteiger charge is -2.38. The van der Waals surface area contributed by atoms with Gasteiger partial charge < -0.3 is 38.6 Å². The van der Waals surface area contributed by atoms with Crippen LogP contribution >= 0.6 is 11.6 Å². The number of hydrogen-bond donors (Lipinski definition) is 1. The molecule has 0 saturated carbocycles. The topological polar surface area (TPSA) is 87.7 Å². The van der Waals surface area contributed by atoms with Crippen LogP contribution in [0.2, 0.25) is 5.02 Å². The van der Waals surface area contributed by atoms with E-state index in [1.807, 2.05) is 0 Å². The molecule has 0 aromatic heterocycles. The number of methoxy groups -OCH3 is 2. The van der Waals surface area contributed by atoms with Crippen molar-refractivity contribution in [2.75, 3.05) is 66.8 Å². The number of piperidine rings is 1. The molecule has 2 saturated heterocycles. The Balaban J connectivity index is 1.36. The Morgan fingerprint density at radius 1 is 1.18 bits per heavy atom. The van der Waals surface area contributed by atoms with Crippen LogP contribution in [0.4, 0.5) is 0 Å². The number of fused-ring (bicyclic) bond motifs is 1. The molecule has 0 unspecified atom stereocenters. The molecule has 0 aliphatic carbocycles. The highest BCUT2D eigenvalue weighted by Gasteiger charge is 2.31. The van der Waals surface area contributed by atoms with E-state index in [2.05, 4.69) is 10.2 Å². The second kappa shape index (κ2) is 11.6. The summed E-state index contributed by atoms with van der Waals surface area (Å²) in [5.41, 5.74) is 0.348. The smallest absolute Gasteiger partial charge is 0.255 e. The van der Waals surface area contributed by atoms with Crippen molar-refractivity contribution in [3.63, 3.8) is 0 Å². The number of carbonyl (C=O) groups excluding carboxylic acids is 1. The predicted octanol–water partition coefficient (Wildman–Crippen LogP) is 2.34. The second-order valence-electron chi connectivity index (χ2n) is 8.44. The summed E-state index contributed by atoms with van der Waals surface area (Å²) in [5, 5.41) is 3.36. The van der Waals surface area contributed by atoms with Crippen LogP contribution in [0.1, 0.15) is 29.6 Å². The van der Waals surface area contributed by atoms with E-state index in [-0.39, 0.29) is 24.2 Å². The molecule has 9 nitrogen and oxygen atoms in total. The molecule has 184 valence electrons. The largest absolute Gasteiger partial charge is 0.491 e. The predicted molar refractivity (Wildman–Crippen MR) is 122 cm³/mol. The maximum atomic E-state index is 13.1. The summed E-state index contributed by atoms with van der Waals surface area (Å²) in [6.45, 7) is 5.42. The van der Waals surface area contributed by atoms with E-state index < -0.39 is 0 Å². The molecule has 1 aromatic rings. The first-order chi connectivity index (χ1) is 16.1. The lowest BCUT2D eigenvalue weighted by molar-refractivity contribution is -0.0607. The highest BCUT2D eigenvalue weighted by molar-refractivity contribution is 6.33. The average molecular weight is 485 g/mol. The van der Waals surface area contributed by atoms with Gasteiger partial charge in [-0.1, -0.05) is 11.6 Å². The lowest BCUT2D eigenvalue weighted by Crippen LogP contribution is -2.49. The van der Waals surface area contributed by atoms with Crippen molar-refractivity contribution in [2.24, 2.45) is 5.92 Å². The fourth-order valence-corrected chi connectivity index (χ4v) is 4.82. The third kappa shape index (κ3) is 5.84. The number of ether oxygens (including phenoxy) is 6. The van der Waals surface area contributed by atoms with Crippen LogP contribution in [-0.4, -0.2) is 90.0 Å². The molecule has 3 heterocycles. The van der Waals surface area contributed by atoms with Gasteiger partial charge in [-0.3, -0.25) is 4.79 Å². The Bertz CT molecular complexity index is 818. The van der Waals surface area contributed by atoms with Crippen LogP contribution in [0.15, 0.2) is 6.07 Å². The molecular formula is C23H33ClN2O7. The van der Waals surface area contributed by atoms with E-state index in [4.69, 9.17) is 40.0 Å². The summed E-state index contributed by atoms with van der Waals surface area (Å²) in [5.74, 6) is 1.09. The molecule has 1 N–H and O–H groups in total. The van der Waals surface area contributed by atoms with Crippen molar-refractivity contribution in [2.45, 2.75) is 31.7 Å². The first-order valence-corrected chi connectivity index (χ1v) is 11.9. The second-order valence-corrected chi connectivity index (χ2v) is 8.85. The van der Waals surface area contributed by atoms with Gasteiger partial charge in [0.15, 0.2) is 17.8 Å². The van der Waals surface area contributed by atoms with Gasteiger partial charge in [-0.05, 0) is 19.0 Å². The van der Waals surface area contributed by atoms with Gasteiger partial charge in [0.05, 0.1) is 50.2 Å².